The van der Waals surface area contributed by atoms with Crippen molar-refractivity contribution >= 4 is 21.6 Å². The van der Waals surface area contributed by atoms with Gasteiger partial charge in [-0.2, -0.15) is 11.8 Å². The minimum absolute atomic E-state index is 0.442. The summed E-state index contributed by atoms with van der Waals surface area (Å²) < 4.78 is 21.4. The molecule has 0 N–H and O–H groups in total. The molecule has 0 amide bonds. The van der Waals surface area contributed by atoms with Gasteiger partial charge < -0.3 is 0 Å². The summed E-state index contributed by atoms with van der Waals surface area (Å²) in [6, 6.07) is 0. The van der Waals surface area contributed by atoms with Crippen LogP contribution in [0.4, 0.5) is 0 Å². The fourth-order valence-corrected chi connectivity index (χ4v) is 3.69. The van der Waals surface area contributed by atoms with E-state index in [-0.39, 0.29) is 0 Å². The Morgan fingerprint density at radius 1 is 1.45 bits per heavy atom. The molecule has 0 unspecified atom stereocenters. The van der Waals surface area contributed by atoms with Crippen LogP contribution in [0.15, 0.2) is 0 Å². The monoisotopic (exact) mass is 194 g/mol. The van der Waals surface area contributed by atoms with Crippen LogP contribution in [0.3, 0.4) is 0 Å². The van der Waals surface area contributed by atoms with Crippen molar-refractivity contribution in [2.45, 2.75) is 13.3 Å². The molecule has 1 aliphatic heterocycles. The summed E-state index contributed by atoms with van der Waals surface area (Å²) in [7, 11) is -2.58. The SMILES string of the molecule is CCSCCC1CS(=O)(=O)C1. The first-order chi connectivity index (χ1) is 5.14. The molecule has 0 atom stereocenters. The van der Waals surface area contributed by atoms with Gasteiger partial charge in [-0.1, -0.05) is 6.92 Å². The third-order valence-corrected chi connectivity index (χ3v) is 4.75. The molecule has 1 rings (SSSR count). The van der Waals surface area contributed by atoms with Crippen molar-refractivity contribution in [1.29, 1.82) is 0 Å². The van der Waals surface area contributed by atoms with E-state index in [2.05, 4.69) is 6.92 Å². The molecular formula is C7H14O2S2. The van der Waals surface area contributed by atoms with Gasteiger partial charge in [0.25, 0.3) is 0 Å². The zero-order valence-electron chi connectivity index (χ0n) is 6.75. The first kappa shape index (κ1) is 9.39. The third kappa shape index (κ3) is 3.03. The van der Waals surface area contributed by atoms with Gasteiger partial charge >= 0.3 is 0 Å². The maximum absolute atomic E-state index is 10.7. The smallest absolute Gasteiger partial charge is 0.150 e. The van der Waals surface area contributed by atoms with Gasteiger partial charge in [-0.25, -0.2) is 8.42 Å². The lowest BCUT2D eigenvalue weighted by molar-refractivity contribution is 0.514. The second-order valence-electron chi connectivity index (χ2n) is 2.93. The highest BCUT2D eigenvalue weighted by molar-refractivity contribution is 7.99. The normalized spacial score (nSPS) is 23.0. The Hall–Kier alpha value is 0.300. The van der Waals surface area contributed by atoms with Crippen molar-refractivity contribution in [1.82, 2.24) is 0 Å². The average Bonchev–Trinajstić information content (AvgIpc) is 1.84. The second kappa shape index (κ2) is 3.81. The van der Waals surface area contributed by atoms with Crippen molar-refractivity contribution in [3.8, 4) is 0 Å². The van der Waals surface area contributed by atoms with Crippen LogP contribution in [0.1, 0.15) is 13.3 Å². The van der Waals surface area contributed by atoms with E-state index in [9.17, 15) is 8.42 Å². The zero-order chi connectivity index (χ0) is 8.32. The van der Waals surface area contributed by atoms with E-state index in [0.29, 0.717) is 17.4 Å². The summed E-state index contributed by atoms with van der Waals surface area (Å²) in [6.07, 6.45) is 1.08. The van der Waals surface area contributed by atoms with Crippen LogP contribution in [0.2, 0.25) is 0 Å². The molecule has 0 radical (unpaired) electrons. The van der Waals surface area contributed by atoms with Crippen LogP contribution in [0.5, 0.6) is 0 Å². The molecule has 2 nitrogen and oxygen atoms in total. The van der Waals surface area contributed by atoms with Crippen molar-refractivity contribution in [2.24, 2.45) is 5.92 Å². The largest absolute Gasteiger partial charge is 0.229 e. The Morgan fingerprint density at radius 2 is 2.09 bits per heavy atom. The highest BCUT2D eigenvalue weighted by atomic mass is 32.2. The van der Waals surface area contributed by atoms with Crippen LogP contribution in [-0.2, 0) is 9.84 Å². The van der Waals surface area contributed by atoms with Crippen molar-refractivity contribution < 1.29 is 8.42 Å². The summed E-state index contributed by atoms with van der Waals surface area (Å²) >= 11 is 1.89. The average molecular weight is 194 g/mol. The van der Waals surface area contributed by atoms with Crippen molar-refractivity contribution in [3.63, 3.8) is 0 Å². The Balaban J connectivity index is 2.05. The van der Waals surface area contributed by atoms with Gasteiger partial charge in [0.05, 0.1) is 11.5 Å². The standard InChI is InChI=1S/C7H14O2S2/c1-2-10-4-3-7-5-11(8,9)6-7/h7H,2-6H2,1H3. The lowest BCUT2D eigenvalue weighted by Crippen LogP contribution is -2.36. The number of hydrogen-bond acceptors (Lipinski definition) is 3. The first-order valence-electron chi connectivity index (χ1n) is 3.92. The van der Waals surface area contributed by atoms with Gasteiger partial charge in [-0.3, -0.25) is 0 Å². The Bertz CT molecular complexity index is 196. The lowest BCUT2D eigenvalue weighted by Gasteiger charge is -2.25. The van der Waals surface area contributed by atoms with Crippen LogP contribution < -0.4 is 0 Å². The number of hydrogen-bond donors (Lipinski definition) is 0. The molecule has 1 heterocycles. The van der Waals surface area contributed by atoms with Gasteiger partial charge in [0.1, 0.15) is 0 Å². The molecule has 0 aromatic rings. The zero-order valence-corrected chi connectivity index (χ0v) is 8.38. The van der Waals surface area contributed by atoms with E-state index in [4.69, 9.17) is 0 Å². The molecule has 4 heteroatoms. The predicted octanol–water partition coefficient (Wildman–Crippen LogP) is 1.17. The Kier molecular flexibility index (Phi) is 3.25. The third-order valence-electron chi connectivity index (χ3n) is 1.85. The first-order valence-corrected chi connectivity index (χ1v) is 6.90. The van der Waals surface area contributed by atoms with E-state index in [1.165, 1.54) is 0 Å². The fourth-order valence-electron chi connectivity index (χ4n) is 1.23. The van der Waals surface area contributed by atoms with Crippen molar-refractivity contribution in [3.05, 3.63) is 0 Å². The van der Waals surface area contributed by atoms with Crippen LogP contribution in [0.25, 0.3) is 0 Å². The van der Waals surface area contributed by atoms with Gasteiger partial charge in [0, 0.05) is 0 Å². The molecule has 66 valence electrons. The molecule has 0 bridgehead atoms. The van der Waals surface area contributed by atoms with Gasteiger partial charge in [-0.05, 0) is 23.8 Å². The molecule has 11 heavy (non-hydrogen) atoms. The number of sulfone groups is 1. The molecule has 1 saturated heterocycles. The summed E-state index contributed by atoms with van der Waals surface area (Å²) in [6.45, 7) is 2.13. The molecule has 0 saturated carbocycles. The van der Waals surface area contributed by atoms with E-state index < -0.39 is 9.84 Å². The maximum atomic E-state index is 10.7. The van der Waals surface area contributed by atoms with E-state index in [0.717, 1.165) is 17.9 Å². The van der Waals surface area contributed by atoms with Crippen LogP contribution in [-0.4, -0.2) is 31.4 Å². The number of thioether (sulfide) groups is 1. The molecule has 0 aliphatic carbocycles. The van der Waals surface area contributed by atoms with Gasteiger partial charge in [0.15, 0.2) is 9.84 Å². The molecule has 1 aliphatic rings. The second-order valence-corrected chi connectivity index (χ2v) is 6.48. The predicted molar refractivity (Wildman–Crippen MR) is 49.8 cm³/mol. The fraction of sp³-hybridized carbons (Fsp3) is 1.00. The topological polar surface area (TPSA) is 34.1 Å². The summed E-state index contributed by atoms with van der Waals surface area (Å²) in [5.41, 5.74) is 0. The van der Waals surface area contributed by atoms with E-state index in [1.807, 2.05) is 11.8 Å². The highest BCUT2D eigenvalue weighted by Crippen LogP contribution is 2.22. The minimum Gasteiger partial charge on any atom is -0.229 e. The van der Waals surface area contributed by atoms with Crippen molar-refractivity contribution in [2.75, 3.05) is 23.0 Å². The van der Waals surface area contributed by atoms with Crippen LogP contribution >= 0.6 is 11.8 Å². The highest BCUT2D eigenvalue weighted by Gasteiger charge is 2.32. The van der Waals surface area contributed by atoms with Crippen LogP contribution in [0, 0.1) is 5.92 Å². The van der Waals surface area contributed by atoms with E-state index >= 15 is 0 Å². The Labute approximate surface area is 72.7 Å². The van der Waals surface area contributed by atoms with E-state index in [1.54, 1.807) is 0 Å². The van der Waals surface area contributed by atoms with Gasteiger partial charge in [-0.15, -0.1) is 0 Å². The number of rotatable bonds is 4. The lowest BCUT2D eigenvalue weighted by atomic mass is 10.1. The molecule has 0 aromatic heterocycles. The summed E-state index contributed by atoms with van der Waals surface area (Å²) in [5, 5.41) is 0. The molecule has 0 spiro atoms. The summed E-state index contributed by atoms with van der Waals surface area (Å²) in [4.78, 5) is 0. The van der Waals surface area contributed by atoms with Gasteiger partial charge in [0.2, 0.25) is 0 Å². The Morgan fingerprint density at radius 3 is 2.55 bits per heavy atom. The molecule has 1 fully saturated rings. The summed E-state index contributed by atoms with van der Waals surface area (Å²) in [5.74, 6) is 3.61. The maximum Gasteiger partial charge on any atom is 0.150 e. The molecule has 0 aromatic carbocycles. The molecular weight excluding hydrogens is 180 g/mol. The quantitative estimate of drug-likeness (QED) is 0.630. The minimum atomic E-state index is -2.58.